The summed E-state index contributed by atoms with van der Waals surface area (Å²) in [6.45, 7) is 3.22. The highest BCUT2D eigenvalue weighted by molar-refractivity contribution is 7.93. The highest BCUT2D eigenvalue weighted by Crippen LogP contribution is 2.49. The normalized spacial score (nSPS) is 26.7. The van der Waals surface area contributed by atoms with Crippen molar-refractivity contribution in [1.29, 1.82) is 0 Å². The van der Waals surface area contributed by atoms with Gasteiger partial charge in [0.15, 0.2) is 15.7 Å². The molecule has 1 aliphatic heterocycles. The van der Waals surface area contributed by atoms with E-state index >= 15 is 0 Å². The fraction of sp³-hybridized carbons (Fsp3) is 0.348. The maximum atomic E-state index is 15.0. The van der Waals surface area contributed by atoms with Gasteiger partial charge in [0.05, 0.1) is 11.9 Å². The van der Waals surface area contributed by atoms with Crippen molar-refractivity contribution >= 4 is 38.1 Å². The number of nitrogens with two attached hydrogens (primary N) is 1. The van der Waals surface area contributed by atoms with Crippen molar-refractivity contribution in [3.05, 3.63) is 54.1 Å². The minimum Gasteiger partial charge on any atom is -0.506 e. The Kier molecular flexibility index (Phi) is 4.65. The Morgan fingerprint density at radius 3 is 2.64 bits per heavy atom. The van der Waals surface area contributed by atoms with Crippen LogP contribution in [0.3, 0.4) is 0 Å². The first-order chi connectivity index (χ1) is 15.5. The summed E-state index contributed by atoms with van der Waals surface area (Å²) in [6.07, 6.45) is 4.46. The number of aromatic nitrogens is 2. The van der Waals surface area contributed by atoms with Crippen molar-refractivity contribution in [3.63, 3.8) is 0 Å². The third-order valence-electron chi connectivity index (χ3n) is 6.74. The number of sulfone groups is 1. The lowest BCUT2D eigenvalue weighted by atomic mass is 9.92. The lowest BCUT2D eigenvalue weighted by Gasteiger charge is -2.40. The average Bonchev–Trinajstić information content (AvgIpc) is 3.58. The number of aliphatic imine (C=N–C) groups is 1. The average molecular weight is 470 g/mol. The van der Waals surface area contributed by atoms with Gasteiger partial charge in [-0.05, 0) is 62.9 Å². The number of nitrogens with zero attached hydrogens (tertiary/aromatic N) is 3. The van der Waals surface area contributed by atoms with Gasteiger partial charge in [-0.2, -0.15) is 0 Å². The van der Waals surface area contributed by atoms with Crippen LogP contribution >= 0.6 is 0 Å². The highest BCUT2D eigenvalue weighted by Gasteiger charge is 2.58. The monoisotopic (exact) mass is 469 g/mol. The Bertz CT molecular complexity index is 1420. The van der Waals surface area contributed by atoms with Gasteiger partial charge in [-0.3, -0.25) is 4.99 Å². The van der Waals surface area contributed by atoms with E-state index in [1.165, 1.54) is 24.4 Å². The van der Waals surface area contributed by atoms with Crippen molar-refractivity contribution < 1.29 is 17.9 Å². The maximum absolute atomic E-state index is 15.0. The number of halogens is 1. The van der Waals surface area contributed by atoms with E-state index in [1.807, 2.05) is 0 Å². The first kappa shape index (κ1) is 21.6. The topological polar surface area (TPSA) is 131 Å². The van der Waals surface area contributed by atoms with E-state index in [9.17, 15) is 17.9 Å². The molecule has 0 radical (unpaired) electrons. The van der Waals surface area contributed by atoms with Gasteiger partial charge in [0.1, 0.15) is 33.2 Å². The zero-order valence-corrected chi connectivity index (χ0v) is 19.0. The van der Waals surface area contributed by atoms with Gasteiger partial charge in [-0.1, -0.05) is 0 Å². The zero-order valence-electron chi connectivity index (χ0n) is 18.2. The van der Waals surface area contributed by atoms with Crippen LogP contribution in [0.4, 0.5) is 15.9 Å². The number of hydrogen-bond donors (Lipinski definition) is 3. The van der Waals surface area contributed by atoms with E-state index in [-0.39, 0.29) is 28.8 Å². The van der Waals surface area contributed by atoms with Crippen LogP contribution < -0.4 is 11.1 Å². The van der Waals surface area contributed by atoms with Crippen LogP contribution in [0, 0.1) is 11.7 Å². The molecule has 2 atom stereocenters. The second kappa shape index (κ2) is 7.11. The van der Waals surface area contributed by atoms with Crippen LogP contribution in [-0.2, 0) is 15.4 Å². The molecule has 1 aromatic carbocycles. The number of fused-ring (bicyclic) bond motifs is 1. The van der Waals surface area contributed by atoms with Crippen LogP contribution in [-0.4, -0.2) is 39.8 Å². The number of pyridine rings is 2. The van der Waals surface area contributed by atoms with Gasteiger partial charge in [-0.15, -0.1) is 0 Å². The second-order valence-electron chi connectivity index (χ2n) is 9.16. The molecule has 0 saturated heterocycles. The summed E-state index contributed by atoms with van der Waals surface area (Å²) in [5, 5.41) is 13.5. The molecule has 1 fully saturated rings. The zero-order chi connectivity index (χ0) is 23.6. The van der Waals surface area contributed by atoms with Gasteiger partial charge in [0.2, 0.25) is 0 Å². The predicted molar refractivity (Wildman–Crippen MR) is 125 cm³/mol. The lowest BCUT2D eigenvalue weighted by molar-refractivity contribution is 0.463. The third-order valence-corrected chi connectivity index (χ3v) is 9.52. The standard InChI is InChI=1S/C23H24FN5O3S/c1-22(12-33(31,32)23(2,14-3-4-14)21(25)29-22)17-10-15(5-6-18(17)24)28-20-19-13(7-8-26-20)9-16(30)11-27-19/h5-11,14,30H,3-4,12H2,1-2H3,(H2,25,29)(H,26,28)/t22-,23-/m0/s1. The quantitative estimate of drug-likeness (QED) is 0.534. The van der Waals surface area contributed by atoms with Gasteiger partial charge < -0.3 is 16.2 Å². The molecule has 8 nitrogen and oxygen atoms in total. The second-order valence-corrected chi connectivity index (χ2v) is 11.5. The molecule has 0 bridgehead atoms. The Labute approximate surface area is 190 Å². The number of anilines is 2. The number of nitrogens with one attached hydrogen (secondary N) is 1. The fourth-order valence-electron chi connectivity index (χ4n) is 4.62. The molecule has 10 heteroatoms. The minimum atomic E-state index is -3.68. The summed E-state index contributed by atoms with van der Waals surface area (Å²) >= 11 is 0. The Balaban J connectivity index is 1.56. The Morgan fingerprint density at radius 1 is 1.18 bits per heavy atom. The molecule has 3 heterocycles. The fourth-order valence-corrected chi connectivity index (χ4v) is 6.98. The maximum Gasteiger partial charge on any atom is 0.165 e. The number of hydrogen-bond acceptors (Lipinski definition) is 8. The summed E-state index contributed by atoms with van der Waals surface area (Å²) in [7, 11) is -3.68. The Morgan fingerprint density at radius 2 is 1.94 bits per heavy atom. The molecule has 1 aliphatic carbocycles. The van der Waals surface area contributed by atoms with Crippen molar-refractivity contribution in [2.75, 3.05) is 11.1 Å². The summed E-state index contributed by atoms with van der Waals surface area (Å²) in [5.41, 5.74) is 6.00. The molecule has 5 rings (SSSR count). The molecular formula is C23H24FN5O3S. The molecule has 0 spiro atoms. The van der Waals surface area contributed by atoms with E-state index in [4.69, 9.17) is 5.73 Å². The van der Waals surface area contributed by atoms with E-state index in [1.54, 1.807) is 32.2 Å². The van der Waals surface area contributed by atoms with Crippen LogP contribution in [0.2, 0.25) is 0 Å². The molecule has 172 valence electrons. The van der Waals surface area contributed by atoms with E-state index in [2.05, 4.69) is 20.3 Å². The van der Waals surface area contributed by atoms with Crippen LogP contribution in [0.5, 0.6) is 5.75 Å². The van der Waals surface area contributed by atoms with Crippen molar-refractivity contribution in [2.45, 2.75) is 37.0 Å². The summed E-state index contributed by atoms with van der Waals surface area (Å²) in [6, 6.07) is 7.60. The predicted octanol–water partition coefficient (Wildman–Crippen LogP) is 3.39. The number of aromatic hydroxyl groups is 1. The lowest BCUT2D eigenvalue weighted by Crippen LogP contribution is -2.58. The molecule has 33 heavy (non-hydrogen) atoms. The van der Waals surface area contributed by atoms with E-state index < -0.39 is 25.9 Å². The highest BCUT2D eigenvalue weighted by atomic mass is 32.2. The molecule has 4 N–H and O–H groups in total. The smallest absolute Gasteiger partial charge is 0.165 e. The summed E-state index contributed by atoms with van der Waals surface area (Å²) < 4.78 is 40.4. The molecule has 0 unspecified atom stereocenters. The number of rotatable bonds is 4. The van der Waals surface area contributed by atoms with Crippen molar-refractivity contribution in [3.8, 4) is 5.75 Å². The van der Waals surface area contributed by atoms with Crippen molar-refractivity contribution in [2.24, 2.45) is 16.6 Å². The molecule has 2 aromatic heterocycles. The first-order valence-corrected chi connectivity index (χ1v) is 12.3. The molecule has 0 amide bonds. The molecule has 2 aliphatic rings. The van der Waals surface area contributed by atoms with Gasteiger partial charge in [0.25, 0.3) is 0 Å². The van der Waals surface area contributed by atoms with Crippen molar-refractivity contribution in [1.82, 2.24) is 9.97 Å². The van der Waals surface area contributed by atoms with Gasteiger partial charge >= 0.3 is 0 Å². The molecular weight excluding hydrogens is 445 g/mol. The summed E-state index contributed by atoms with van der Waals surface area (Å²) in [4.78, 5) is 13.1. The van der Waals surface area contributed by atoms with E-state index in [0.29, 0.717) is 22.4 Å². The third kappa shape index (κ3) is 3.40. The molecule has 3 aromatic rings. The Hall–Kier alpha value is -3.27. The SMILES string of the molecule is C[C@@]1(c2cc(Nc3nccc4cc(O)cnc34)ccc2F)CS(=O)(=O)[C@@](C)(C2CC2)C(N)=N1. The largest absolute Gasteiger partial charge is 0.506 e. The summed E-state index contributed by atoms with van der Waals surface area (Å²) in [5.74, 6) is -0.464. The minimum absolute atomic E-state index is 0.0313. The number of benzene rings is 1. The first-order valence-electron chi connectivity index (χ1n) is 10.6. The number of amidine groups is 1. The van der Waals surface area contributed by atoms with Crippen LogP contribution in [0.15, 0.2) is 47.7 Å². The van der Waals surface area contributed by atoms with Crippen LogP contribution in [0.25, 0.3) is 10.9 Å². The van der Waals surface area contributed by atoms with Crippen LogP contribution in [0.1, 0.15) is 32.3 Å². The van der Waals surface area contributed by atoms with Gasteiger partial charge in [0, 0.05) is 22.8 Å². The molecule has 1 saturated carbocycles. The van der Waals surface area contributed by atoms with E-state index in [0.717, 1.165) is 12.8 Å². The van der Waals surface area contributed by atoms with Gasteiger partial charge in [-0.25, -0.2) is 22.8 Å².